The van der Waals surface area contributed by atoms with Crippen molar-refractivity contribution in [2.24, 2.45) is 0 Å². The number of carbonyl (C=O) groups is 1. The number of benzene rings is 2. The van der Waals surface area contributed by atoms with Gasteiger partial charge in [-0.2, -0.15) is 0 Å². The van der Waals surface area contributed by atoms with Crippen LogP contribution >= 0.6 is 0 Å². The van der Waals surface area contributed by atoms with Gasteiger partial charge in [-0.1, -0.05) is 0 Å². The Bertz CT molecular complexity index is 1320. The van der Waals surface area contributed by atoms with Crippen molar-refractivity contribution >= 4 is 17.1 Å². The van der Waals surface area contributed by atoms with Crippen LogP contribution in [-0.2, 0) is 0 Å². The Balaban J connectivity index is 1.47. The summed E-state index contributed by atoms with van der Waals surface area (Å²) in [5.74, 6) is 0.920. The second-order valence-electron chi connectivity index (χ2n) is 7.92. The van der Waals surface area contributed by atoms with E-state index in [1.807, 2.05) is 36.4 Å². The van der Waals surface area contributed by atoms with Crippen LogP contribution in [-0.4, -0.2) is 52.7 Å². The van der Waals surface area contributed by atoms with Gasteiger partial charge in [0.05, 0.1) is 20.3 Å². The van der Waals surface area contributed by atoms with Gasteiger partial charge in [0.15, 0.2) is 17.2 Å². The number of carbonyl (C=O) groups excluding carboxylic acids is 1. The van der Waals surface area contributed by atoms with E-state index in [9.17, 15) is 9.18 Å². The van der Waals surface area contributed by atoms with Crippen LogP contribution in [0, 0.1) is 5.82 Å². The number of hydrogen-bond donors (Lipinski definition) is 0. The third-order valence-electron chi connectivity index (χ3n) is 6.01. The van der Waals surface area contributed by atoms with Gasteiger partial charge in [0.2, 0.25) is 0 Å². The van der Waals surface area contributed by atoms with Crippen molar-refractivity contribution in [3.8, 4) is 22.9 Å². The van der Waals surface area contributed by atoms with Crippen LogP contribution in [0.25, 0.3) is 22.6 Å². The standard InChI is InChI=1S/C25H23FN4O3/c1-32-19-8-5-16(6-9-19)23-28-21-4-3-12-27-24(21)30(23)18-11-13-29(15-18)25(31)17-7-10-22(33-2)20(26)14-17/h3-10,12,14,18H,11,13,15H2,1-2H3. The lowest BCUT2D eigenvalue weighted by atomic mass is 10.1. The summed E-state index contributed by atoms with van der Waals surface area (Å²) in [5.41, 5.74) is 2.82. The van der Waals surface area contributed by atoms with Crippen LogP contribution in [0.4, 0.5) is 4.39 Å². The average molecular weight is 446 g/mol. The van der Waals surface area contributed by atoms with E-state index in [1.165, 1.54) is 19.2 Å². The first-order valence-electron chi connectivity index (χ1n) is 10.7. The number of imidazole rings is 1. The molecule has 4 aromatic rings. The van der Waals surface area contributed by atoms with Crippen molar-refractivity contribution in [1.82, 2.24) is 19.4 Å². The van der Waals surface area contributed by atoms with Gasteiger partial charge in [-0.3, -0.25) is 4.79 Å². The summed E-state index contributed by atoms with van der Waals surface area (Å²) in [6.07, 6.45) is 2.49. The van der Waals surface area contributed by atoms with E-state index in [2.05, 4.69) is 9.55 Å². The lowest BCUT2D eigenvalue weighted by Gasteiger charge is -2.19. The molecule has 8 heteroatoms. The molecule has 2 aromatic carbocycles. The number of amides is 1. The van der Waals surface area contributed by atoms with Crippen LogP contribution in [0.2, 0.25) is 0 Å². The number of halogens is 1. The first-order chi connectivity index (χ1) is 16.1. The summed E-state index contributed by atoms with van der Waals surface area (Å²) in [4.78, 5) is 24.2. The third kappa shape index (κ3) is 3.77. The quantitative estimate of drug-likeness (QED) is 0.456. The summed E-state index contributed by atoms with van der Waals surface area (Å²) in [7, 11) is 3.03. The number of fused-ring (bicyclic) bond motifs is 1. The van der Waals surface area contributed by atoms with Crippen molar-refractivity contribution in [3.05, 3.63) is 72.2 Å². The molecule has 0 spiro atoms. The number of likely N-dealkylation sites (tertiary alicyclic amines) is 1. The SMILES string of the molecule is COc1ccc(-c2nc3cccnc3n2C2CCN(C(=O)c3ccc(OC)c(F)c3)C2)cc1. The fraction of sp³-hybridized carbons (Fsp3) is 0.240. The van der Waals surface area contributed by atoms with Gasteiger partial charge in [0.1, 0.15) is 17.1 Å². The number of methoxy groups -OCH3 is 2. The van der Waals surface area contributed by atoms with Crippen LogP contribution in [0.5, 0.6) is 11.5 Å². The van der Waals surface area contributed by atoms with Crippen LogP contribution in [0.15, 0.2) is 60.8 Å². The molecule has 1 saturated heterocycles. The van der Waals surface area contributed by atoms with E-state index in [-0.39, 0.29) is 17.7 Å². The lowest BCUT2D eigenvalue weighted by molar-refractivity contribution is 0.0787. The van der Waals surface area contributed by atoms with E-state index < -0.39 is 5.82 Å². The zero-order valence-electron chi connectivity index (χ0n) is 18.4. The monoisotopic (exact) mass is 446 g/mol. The summed E-state index contributed by atoms with van der Waals surface area (Å²) in [5, 5.41) is 0. The van der Waals surface area contributed by atoms with E-state index in [1.54, 1.807) is 24.3 Å². The fourth-order valence-corrected chi connectivity index (χ4v) is 4.34. The Kier molecular flexibility index (Phi) is 5.42. The second-order valence-corrected chi connectivity index (χ2v) is 7.92. The van der Waals surface area contributed by atoms with Crippen LogP contribution in [0.1, 0.15) is 22.8 Å². The predicted octanol–water partition coefficient (Wildman–Crippen LogP) is 4.34. The molecule has 1 aliphatic rings. The Morgan fingerprint density at radius 1 is 1.09 bits per heavy atom. The number of rotatable bonds is 5. The molecule has 1 fully saturated rings. The molecule has 168 valence electrons. The highest BCUT2D eigenvalue weighted by Crippen LogP contribution is 2.33. The van der Waals surface area contributed by atoms with Crippen molar-refractivity contribution in [1.29, 1.82) is 0 Å². The molecule has 33 heavy (non-hydrogen) atoms. The van der Waals surface area contributed by atoms with Gasteiger partial charge < -0.3 is 18.9 Å². The molecule has 7 nitrogen and oxygen atoms in total. The van der Waals surface area contributed by atoms with E-state index >= 15 is 0 Å². The van der Waals surface area contributed by atoms with Crippen molar-refractivity contribution in [2.75, 3.05) is 27.3 Å². The first-order valence-corrected chi connectivity index (χ1v) is 10.7. The number of ether oxygens (including phenoxy) is 2. The minimum Gasteiger partial charge on any atom is -0.497 e. The van der Waals surface area contributed by atoms with Gasteiger partial charge in [-0.05, 0) is 61.0 Å². The Morgan fingerprint density at radius 2 is 1.91 bits per heavy atom. The second kappa shape index (κ2) is 8.54. The fourth-order valence-electron chi connectivity index (χ4n) is 4.34. The molecule has 2 aromatic heterocycles. The van der Waals surface area contributed by atoms with Crippen molar-refractivity contribution in [2.45, 2.75) is 12.5 Å². The topological polar surface area (TPSA) is 69.5 Å². The van der Waals surface area contributed by atoms with E-state index in [0.29, 0.717) is 18.7 Å². The van der Waals surface area contributed by atoms with Crippen LogP contribution < -0.4 is 9.47 Å². The molecule has 0 radical (unpaired) electrons. The summed E-state index contributed by atoms with van der Waals surface area (Å²) in [6.45, 7) is 1.05. The molecule has 0 aliphatic carbocycles. The van der Waals surface area contributed by atoms with Gasteiger partial charge in [-0.15, -0.1) is 0 Å². The molecular formula is C25H23FN4O3. The lowest BCUT2D eigenvalue weighted by Crippen LogP contribution is -2.29. The maximum atomic E-state index is 14.1. The van der Waals surface area contributed by atoms with Crippen molar-refractivity contribution in [3.63, 3.8) is 0 Å². The zero-order valence-corrected chi connectivity index (χ0v) is 18.4. The molecule has 0 saturated carbocycles. The summed E-state index contributed by atoms with van der Waals surface area (Å²) in [6, 6.07) is 15.8. The Labute approximate surface area is 190 Å². The normalized spacial score (nSPS) is 15.7. The highest BCUT2D eigenvalue weighted by atomic mass is 19.1. The smallest absolute Gasteiger partial charge is 0.254 e. The van der Waals surface area contributed by atoms with Crippen LogP contribution in [0.3, 0.4) is 0 Å². The van der Waals surface area contributed by atoms with Gasteiger partial charge >= 0.3 is 0 Å². The number of nitrogens with zero attached hydrogens (tertiary/aromatic N) is 4. The van der Waals surface area contributed by atoms with Gasteiger partial charge in [0.25, 0.3) is 5.91 Å². The largest absolute Gasteiger partial charge is 0.497 e. The molecule has 1 aliphatic heterocycles. The third-order valence-corrected chi connectivity index (χ3v) is 6.01. The molecule has 1 atom stereocenters. The number of aromatic nitrogens is 3. The summed E-state index contributed by atoms with van der Waals surface area (Å²) < 4.78 is 26.5. The highest BCUT2D eigenvalue weighted by molar-refractivity contribution is 5.94. The van der Waals surface area contributed by atoms with Gasteiger partial charge in [-0.25, -0.2) is 14.4 Å². The van der Waals surface area contributed by atoms with E-state index in [0.717, 1.165) is 34.7 Å². The Hall–Kier alpha value is -3.94. The minimum atomic E-state index is -0.550. The number of hydrogen-bond acceptors (Lipinski definition) is 5. The van der Waals surface area contributed by atoms with Crippen molar-refractivity contribution < 1.29 is 18.7 Å². The highest BCUT2D eigenvalue weighted by Gasteiger charge is 2.31. The zero-order chi connectivity index (χ0) is 22.9. The predicted molar refractivity (Wildman–Crippen MR) is 122 cm³/mol. The minimum absolute atomic E-state index is 0.00551. The number of pyridine rings is 1. The Morgan fingerprint density at radius 3 is 2.64 bits per heavy atom. The first kappa shape index (κ1) is 20.9. The summed E-state index contributed by atoms with van der Waals surface area (Å²) >= 11 is 0. The maximum absolute atomic E-state index is 14.1. The molecule has 3 heterocycles. The average Bonchev–Trinajstić information content (AvgIpc) is 3.48. The van der Waals surface area contributed by atoms with E-state index in [4.69, 9.17) is 14.5 Å². The molecule has 5 rings (SSSR count). The molecule has 0 N–H and O–H groups in total. The molecule has 1 unspecified atom stereocenters. The molecule has 0 bridgehead atoms. The molecule has 1 amide bonds. The van der Waals surface area contributed by atoms with Gasteiger partial charge in [0, 0.05) is 30.4 Å². The maximum Gasteiger partial charge on any atom is 0.254 e. The molecular weight excluding hydrogens is 423 g/mol.